The summed E-state index contributed by atoms with van der Waals surface area (Å²) in [6.07, 6.45) is 0.197. The zero-order chi connectivity index (χ0) is 14.8. The van der Waals surface area contributed by atoms with Crippen molar-refractivity contribution in [2.45, 2.75) is 13.0 Å². The largest absolute Gasteiger partial charge is 0.491 e. The number of halogens is 1. The SMILES string of the molecule is CC(=O)N(c1ccsc1)c1ccc(OCC2CO2)cc1Cl. The van der Waals surface area contributed by atoms with Crippen LogP contribution in [0.5, 0.6) is 5.75 Å². The Labute approximate surface area is 131 Å². The third kappa shape index (κ3) is 3.37. The summed E-state index contributed by atoms with van der Waals surface area (Å²) >= 11 is 7.85. The molecule has 4 nitrogen and oxygen atoms in total. The van der Waals surface area contributed by atoms with Gasteiger partial charge in [-0.05, 0) is 23.6 Å². The van der Waals surface area contributed by atoms with E-state index in [0.717, 1.165) is 12.3 Å². The van der Waals surface area contributed by atoms with Gasteiger partial charge >= 0.3 is 0 Å². The number of carbonyl (C=O) groups is 1. The zero-order valence-corrected chi connectivity index (χ0v) is 13.0. The Hall–Kier alpha value is -1.56. The Morgan fingerprint density at radius 3 is 2.90 bits per heavy atom. The van der Waals surface area contributed by atoms with Gasteiger partial charge in [0.25, 0.3) is 0 Å². The van der Waals surface area contributed by atoms with E-state index >= 15 is 0 Å². The summed E-state index contributed by atoms with van der Waals surface area (Å²) in [4.78, 5) is 13.5. The molecule has 0 aliphatic carbocycles. The summed E-state index contributed by atoms with van der Waals surface area (Å²) in [5.41, 5.74) is 1.46. The minimum Gasteiger partial charge on any atom is -0.491 e. The molecular weight excluding hydrogens is 310 g/mol. The zero-order valence-electron chi connectivity index (χ0n) is 11.4. The van der Waals surface area contributed by atoms with Crippen LogP contribution in [0.2, 0.25) is 5.02 Å². The average molecular weight is 324 g/mol. The van der Waals surface area contributed by atoms with Crippen molar-refractivity contribution in [3.63, 3.8) is 0 Å². The molecule has 110 valence electrons. The predicted octanol–water partition coefficient (Wildman–Crippen LogP) is 3.86. The molecule has 0 N–H and O–H groups in total. The van der Waals surface area contributed by atoms with Gasteiger partial charge in [-0.15, -0.1) is 0 Å². The first kappa shape index (κ1) is 14.4. The number of benzene rings is 1. The quantitative estimate of drug-likeness (QED) is 0.784. The van der Waals surface area contributed by atoms with Crippen molar-refractivity contribution in [1.29, 1.82) is 0 Å². The van der Waals surface area contributed by atoms with Gasteiger partial charge in [0.1, 0.15) is 18.5 Å². The summed E-state index contributed by atoms with van der Waals surface area (Å²) in [6, 6.07) is 7.22. The van der Waals surface area contributed by atoms with E-state index in [2.05, 4.69) is 0 Å². The van der Waals surface area contributed by atoms with Crippen molar-refractivity contribution in [2.75, 3.05) is 18.1 Å². The molecule has 1 unspecified atom stereocenters. The second-order valence-corrected chi connectivity index (χ2v) is 5.90. The highest BCUT2D eigenvalue weighted by Gasteiger charge is 2.23. The summed E-state index contributed by atoms with van der Waals surface area (Å²) < 4.78 is 10.7. The third-order valence-electron chi connectivity index (χ3n) is 3.08. The Kier molecular flexibility index (Phi) is 4.14. The molecule has 2 aromatic rings. The van der Waals surface area contributed by atoms with Crippen molar-refractivity contribution in [1.82, 2.24) is 0 Å². The Morgan fingerprint density at radius 2 is 2.33 bits per heavy atom. The lowest BCUT2D eigenvalue weighted by Gasteiger charge is -2.21. The highest BCUT2D eigenvalue weighted by molar-refractivity contribution is 7.08. The Morgan fingerprint density at radius 1 is 1.52 bits per heavy atom. The highest BCUT2D eigenvalue weighted by atomic mass is 35.5. The lowest BCUT2D eigenvalue weighted by Crippen LogP contribution is -2.22. The number of epoxide rings is 1. The fraction of sp³-hybridized carbons (Fsp3) is 0.267. The van der Waals surface area contributed by atoms with Crippen LogP contribution in [0.25, 0.3) is 0 Å². The molecule has 1 aliphatic heterocycles. The molecular formula is C15H14ClNO3S. The van der Waals surface area contributed by atoms with Gasteiger partial charge in [-0.1, -0.05) is 11.6 Å². The van der Waals surface area contributed by atoms with Crippen LogP contribution < -0.4 is 9.64 Å². The van der Waals surface area contributed by atoms with Gasteiger partial charge in [-0.3, -0.25) is 9.69 Å². The minimum atomic E-state index is -0.0876. The van der Waals surface area contributed by atoms with E-state index in [1.807, 2.05) is 22.9 Å². The lowest BCUT2D eigenvalue weighted by molar-refractivity contribution is -0.115. The van der Waals surface area contributed by atoms with Gasteiger partial charge in [-0.25, -0.2) is 0 Å². The number of ether oxygens (including phenoxy) is 2. The first-order chi connectivity index (χ1) is 10.1. The van der Waals surface area contributed by atoms with Crippen molar-refractivity contribution >= 4 is 40.2 Å². The van der Waals surface area contributed by atoms with Gasteiger partial charge in [-0.2, -0.15) is 11.3 Å². The molecule has 3 rings (SSSR count). The fourth-order valence-electron chi connectivity index (χ4n) is 1.99. The lowest BCUT2D eigenvalue weighted by atomic mass is 10.2. The van der Waals surface area contributed by atoms with E-state index in [-0.39, 0.29) is 12.0 Å². The fourth-order valence-corrected chi connectivity index (χ4v) is 2.86. The standard InChI is InChI=1S/C15H14ClNO3S/c1-10(18)17(11-4-5-21-9-11)15-3-2-12(6-14(15)16)19-7-13-8-20-13/h2-6,9,13H,7-8H2,1H3. The average Bonchev–Trinajstić information content (AvgIpc) is 3.13. The van der Waals surface area contributed by atoms with Gasteiger partial charge < -0.3 is 9.47 Å². The van der Waals surface area contributed by atoms with E-state index in [9.17, 15) is 4.79 Å². The van der Waals surface area contributed by atoms with E-state index in [1.54, 1.807) is 17.0 Å². The van der Waals surface area contributed by atoms with E-state index in [0.29, 0.717) is 23.1 Å². The van der Waals surface area contributed by atoms with Crippen molar-refractivity contribution in [3.8, 4) is 5.75 Å². The Balaban J connectivity index is 1.84. The molecule has 0 spiro atoms. The number of nitrogens with zero attached hydrogens (tertiary/aromatic N) is 1. The maximum absolute atomic E-state index is 11.9. The molecule has 1 saturated heterocycles. The molecule has 1 aromatic heterocycles. The van der Waals surface area contributed by atoms with Crippen LogP contribution in [0.1, 0.15) is 6.92 Å². The third-order valence-corrected chi connectivity index (χ3v) is 4.05. The summed E-state index contributed by atoms with van der Waals surface area (Å²) in [5.74, 6) is 0.586. The second kappa shape index (κ2) is 6.05. The minimum absolute atomic E-state index is 0.0876. The van der Waals surface area contributed by atoms with E-state index < -0.39 is 0 Å². The number of rotatable bonds is 5. The highest BCUT2D eigenvalue weighted by Crippen LogP contribution is 2.35. The molecule has 0 radical (unpaired) electrons. The van der Waals surface area contributed by atoms with Gasteiger partial charge in [0.15, 0.2) is 0 Å². The van der Waals surface area contributed by atoms with Crippen molar-refractivity contribution in [2.24, 2.45) is 0 Å². The van der Waals surface area contributed by atoms with Gasteiger partial charge in [0.05, 0.1) is 23.0 Å². The second-order valence-electron chi connectivity index (χ2n) is 4.72. The number of thiophene rings is 1. The molecule has 0 bridgehead atoms. The number of amides is 1. The van der Waals surface area contributed by atoms with Crippen LogP contribution in [-0.4, -0.2) is 25.2 Å². The van der Waals surface area contributed by atoms with Crippen LogP contribution in [0.15, 0.2) is 35.0 Å². The van der Waals surface area contributed by atoms with Gasteiger partial charge in [0, 0.05) is 18.4 Å². The number of hydrogen-bond donors (Lipinski definition) is 0. The van der Waals surface area contributed by atoms with Crippen molar-refractivity contribution < 1.29 is 14.3 Å². The summed E-state index contributed by atoms with van der Waals surface area (Å²) in [7, 11) is 0. The van der Waals surface area contributed by atoms with Crippen LogP contribution in [0.3, 0.4) is 0 Å². The molecule has 2 heterocycles. The van der Waals surface area contributed by atoms with Crippen LogP contribution in [-0.2, 0) is 9.53 Å². The number of carbonyl (C=O) groups excluding carboxylic acids is 1. The number of anilines is 2. The van der Waals surface area contributed by atoms with Crippen LogP contribution in [0, 0.1) is 0 Å². The molecule has 21 heavy (non-hydrogen) atoms. The normalized spacial score (nSPS) is 16.6. The first-order valence-corrected chi connectivity index (χ1v) is 7.84. The topological polar surface area (TPSA) is 42.1 Å². The number of hydrogen-bond acceptors (Lipinski definition) is 4. The molecule has 0 saturated carbocycles. The molecule has 6 heteroatoms. The van der Waals surface area contributed by atoms with Crippen LogP contribution in [0.4, 0.5) is 11.4 Å². The van der Waals surface area contributed by atoms with E-state index in [4.69, 9.17) is 21.1 Å². The summed E-state index contributed by atoms with van der Waals surface area (Å²) in [6.45, 7) is 2.79. The maximum Gasteiger partial charge on any atom is 0.228 e. The summed E-state index contributed by atoms with van der Waals surface area (Å²) in [5, 5.41) is 4.31. The molecule has 1 amide bonds. The molecule has 1 aliphatic rings. The van der Waals surface area contributed by atoms with Crippen LogP contribution >= 0.6 is 22.9 Å². The smallest absolute Gasteiger partial charge is 0.228 e. The molecule has 1 fully saturated rings. The van der Waals surface area contributed by atoms with Gasteiger partial charge in [0.2, 0.25) is 5.91 Å². The first-order valence-electron chi connectivity index (χ1n) is 6.52. The maximum atomic E-state index is 11.9. The molecule has 1 aromatic carbocycles. The van der Waals surface area contributed by atoms with Crippen molar-refractivity contribution in [3.05, 3.63) is 40.0 Å². The monoisotopic (exact) mass is 323 g/mol. The van der Waals surface area contributed by atoms with E-state index in [1.165, 1.54) is 18.3 Å². The predicted molar refractivity (Wildman–Crippen MR) is 83.8 cm³/mol. The molecule has 1 atom stereocenters. The Bertz CT molecular complexity index is 640.